The van der Waals surface area contributed by atoms with Gasteiger partial charge in [-0.25, -0.2) is 9.88 Å². The first kappa shape index (κ1) is 24.6. The monoisotopic (exact) mass is 558 g/mol. The second-order valence-corrected chi connectivity index (χ2v) is 10.8. The van der Waals surface area contributed by atoms with Crippen LogP contribution in [0.5, 0.6) is 0 Å². The molecule has 1 aromatic heterocycles. The summed E-state index contributed by atoms with van der Waals surface area (Å²) >= 11 is 2.46. The molecule has 0 saturated heterocycles. The van der Waals surface area contributed by atoms with Crippen LogP contribution in [0.15, 0.2) is 77.1 Å². The fourth-order valence-electron chi connectivity index (χ4n) is 4.41. The van der Waals surface area contributed by atoms with Crippen LogP contribution in [-0.4, -0.2) is 33.4 Å². The van der Waals surface area contributed by atoms with E-state index in [-0.39, 0.29) is 11.4 Å². The van der Waals surface area contributed by atoms with Crippen molar-refractivity contribution in [2.45, 2.75) is 4.34 Å². The first-order chi connectivity index (χ1) is 18.8. The molecule has 1 N–H and O–H groups in total. The predicted molar refractivity (Wildman–Crippen MR) is 147 cm³/mol. The fraction of sp³-hybridized carbons (Fsp3) is 0.0370. The SMILES string of the molecule is O=C(CSc1nc2ccc(N3C(=O)c4cccc5cccc(c45)C3=O)cc2s1)Nc1ccc(F)c([N+](=O)[O-])c1. The quantitative estimate of drug-likeness (QED) is 0.117. The van der Waals surface area contributed by atoms with Crippen molar-refractivity contribution >= 4 is 78.9 Å². The zero-order chi connectivity index (χ0) is 27.3. The maximum atomic E-state index is 13.5. The zero-order valence-electron chi connectivity index (χ0n) is 19.7. The second-order valence-electron chi connectivity index (χ2n) is 8.55. The molecule has 9 nitrogen and oxygen atoms in total. The number of carbonyl (C=O) groups excluding carboxylic acids is 3. The summed E-state index contributed by atoms with van der Waals surface area (Å²) in [7, 11) is 0. The maximum absolute atomic E-state index is 13.5. The third kappa shape index (κ3) is 4.39. The van der Waals surface area contributed by atoms with Crippen LogP contribution >= 0.6 is 23.1 Å². The summed E-state index contributed by atoms with van der Waals surface area (Å²) < 4.78 is 14.8. The minimum atomic E-state index is -0.990. The van der Waals surface area contributed by atoms with Gasteiger partial charge in [0.15, 0.2) is 4.34 Å². The van der Waals surface area contributed by atoms with E-state index in [1.165, 1.54) is 22.3 Å². The second kappa shape index (κ2) is 9.57. The molecule has 0 aliphatic carbocycles. The van der Waals surface area contributed by atoms with Crippen molar-refractivity contribution < 1.29 is 23.7 Å². The summed E-state index contributed by atoms with van der Waals surface area (Å²) in [6.45, 7) is 0. The Kier molecular flexibility index (Phi) is 6.04. The Morgan fingerprint density at radius 1 is 1.03 bits per heavy atom. The number of fused-ring (bicyclic) bond motifs is 1. The normalized spacial score (nSPS) is 12.8. The number of imide groups is 1. The number of aromatic nitrogens is 1. The van der Waals surface area contributed by atoms with Gasteiger partial charge in [0.25, 0.3) is 11.8 Å². The molecule has 6 rings (SSSR count). The number of thiazole rings is 1. The Labute approximate surface area is 227 Å². The van der Waals surface area contributed by atoms with Crippen molar-refractivity contribution in [1.82, 2.24) is 4.98 Å². The van der Waals surface area contributed by atoms with Gasteiger partial charge in [-0.3, -0.25) is 24.5 Å². The average molecular weight is 559 g/mol. The van der Waals surface area contributed by atoms with Crippen molar-refractivity contribution in [1.29, 1.82) is 0 Å². The molecule has 192 valence electrons. The molecule has 1 aliphatic rings. The molecule has 3 amide bonds. The molecule has 0 fully saturated rings. The van der Waals surface area contributed by atoms with E-state index in [4.69, 9.17) is 0 Å². The van der Waals surface area contributed by atoms with Gasteiger partial charge in [-0.05, 0) is 47.9 Å². The van der Waals surface area contributed by atoms with Crippen LogP contribution in [0.1, 0.15) is 20.7 Å². The van der Waals surface area contributed by atoms with Gasteiger partial charge in [0.2, 0.25) is 11.7 Å². The molecular formula is C27H15FN4O5S2. The molecule has 12 heteroatoms. The Balaban J connectivity index is 1.20. The zero-order valence-corrected chi connectivity index (χ0v) is 21.3. The Morgan fingerprint density at radius 2 is 1.74 bits per heavy atom. The molecule has 2 heterocycles. The van der Waals surface area contributed by atoms with E-state index in [1.54, 1.807) is 42.5 Å². The number of thioether (sulfide) groups is 1. The number of benzene rings is 4. The predicted octanol–water partition coefficient (Wildman–Crippen LogP) is 6.03. The number of hydrogen-bond acceptors (Lipinski definition) is 8. The number of carbonyl (C=O) groups is 3. The first-order valence-electron chi connectivity index (χ1n) is 11.5. The van der Waals surface area contributed by atoms with E-state index in [2.05, 4.69) is 10.3 Å². The summed E-state index contributed by atoms with van der Waals surface area (Å²) in [6.07, 6.45) is 0. The van der Waals surface area contributed by atoms with Crippen LogP contribution in [0.2, 0.25) is 0 Å². The lowest BCUT2D eigenvalue weighted by Gasteiger charge is -2.27. The van der Waals surface area contributed by atoms with Gasteiger partial charge in [0, 0.05) is 28.3 Å². The molecule has 39 heavy (non-hydrogen) atoms. The Hall–Kier alpha value is -4.68. The highest BCUT2D eigenvalue weighted by atomic mass is 32.2. The van der Waals surface area contributed by atoms with E-state index in [9.17, 15) is 28.9 Å². The largest absolute Gasteiger partial charge is 0.325 e. The summed E-state index contributed by atoms with van der Waals surface area (Å²) in [5, 5.41) is 14.9. The molecule has 0 saturated carbocycles. The lowest BCUT2D eigenvalue weighted by molar-refractivity contribution is -0.387. The number of nitro benzene ring substituents is 1. The standard InChI is InChI=1S/C27H15FN4O5S2/c28-19-9-7-15(11-21(19)32(36)37)29-23(33)13-38-27-30-20-10-8-16(12-22(20)39-27)31-25(34)17-5-1-3-14-4-2-6-18(24(14)17)26(31)35/h1-12H,13H2,(H,29,33). The first-order valence-corrected chi connectivity index (χ1v) is 13.3. The molecule has 0 bridgehead atoms. The molecule has 0 unspecified atom stereocenters. The van der Waals surface area contributed by atoms with E-state index >= 15 is 0 Å². The van der Waals surface area contributed by atoms with Gasteiger partial charge in [0.1, 0.15) is 0 Å². The van der Waals surface area contributed by atoms with Crippen molar-refractivity contribution in [3.05, 3.63) is 99.9 Å². The number of rotatable bonds is 6. The minimum absolute atomic E-state index is 0.0399. The van der Waals surface area contributed by atoms with Crippen LogP contribution in [0, 0.1) is 15.9 Å². The summed E-state index contributed by atoms with van der Waals surface area (Å²) in [6, 6.07) is 18.9. The van der Waals surface area contributed by atoms with E-state index in [1.807, 2.05) is 12.1 Å². The molecule has 4 aromatic carbocycles. The number of nitrogens with one attached hydrogen (secondary N) is 1. The van der Waals surface area contributed by atoms with Crippen LogP contribution < -0.4 is 10.2 Å². The lowest BCUT2D eigenvalue weighted by Crippen LogP contribution is -2.40. The lowest BCUT2D eigenvalue weighted by atomic mass is 9.94. The van der Waals surface area contributed by atoms with Crippen molar-refractivity contribution in [3.8, 4) is 0 Å². The number of halogens is 1. The summed E-state index contributed by atoms with van der Waals surface area (Å²) in [5.41, 5.74) is 1.35. The third-order valence-corrected chi connectivity index (χ3v) is 8.30. The van der Waals surface area contributed by atoms with Gasteiger partial charge in [-0.15, -0.1) is 11.3 Å². The van der Waals surface area contributed by atoms with Crippen molar-refractivity contribution in [2.75, 3.05) is 16.0 Å². The Morgan fingerprint density at radius 3 is 2.44 bits per heavy atom. The molecule has 0 atom stereocenters. The van der Waals surface area contributed by atoms with Crippen LogP contribution in [0.25, 0.3) is 21.0 Å². The fourth-order valence-corrected chi connectivity index (χ4v) is 6.31. The molecule has 1 aliphatic heterocycles. The Bertz CT molecular complexity index is 1820. The minimum Gasteiger partial charge on any atom is -0.325 e. The van der Waals surface area contributed by atoms with Crippen LogP contribution in [-0.2, 0) is 4.79 Å². The van der Waals surface area contributed by atoms with E-state index in [0.717, 1.165) is 34.0 Å². The smallest absolute Gasteiger partial charge is 0.306 e. The molecule has 0 spiro atoms. The third-order valence-electron chi connectivity index (χ3n) is 6.14. The molecule has 0 radical (unpaired) electrons. The van der Waals surface area contributed by atoms with Gasteiger partial charge < -0.3 is 5.32 Å². The average Bonchev–Trinajstić information content (AvgIpc) is 3.34. The number of anilines is 2. The topological polar surface area (TPSA) is 123 Å². The van der Waals surface area contributed by atoms with Crippen molar-refractivity contribution in [3.63, 3.8) is 0 Å². The molecular weight excluding hydrogens is 543 g/mol. The highest BCUT2D eigenvalue weighted by Gasteiger charge is 2.34. The van der Waals surface area contributed by atoms with E-state index in [0.29, 0.717) is 32.1 Å². The highest BCUT2D eigenvalue weighted by molar-refractivity contribution is 8.01. The van der Waals surface area contributed by atoms with Gasteiger partial charge >= 0.3 is 5.69 Å². The van der Waals surface area contributed by atoms with Crippen LogP contribution in [0.4, 0.5) is 21.5 Å². The van der Waals surface area contributed by atoms with Crippen molar-refractivity contribution in [2.24, 2.45) is 0 Å². The van der Waals surface area contributed by atoms with Gasteiger partial charge in [-0.2, -0.15) is 4.39 Å². The van der Waals surface area contributed by atoms with Gasteiger partial charge in [-0.1, -0.05) is 36.0 Å². The highest BCUT2D eigenvalue weighted by Crippen LogP contribution is 2.36. The number of nitrogens with zero attached hydrogens (tertiary/aromatic N) is 3. The van der Waals surface area contributed by atoms with E-state index < -0.39 is 34.1 Å². The number of nitro groups is 1. The molecule has 5 aromatic rings. The number of hydrogen-bond donors (Lipinski definition) is 1. The summed E-state index contributed by atoms with van der Waals surface area (Å²) in [4.78, 5) is 54.8. The summed E-state index contributed by atoms with van der Waals surface area (Å²) in [5.74, 6) is -2.28. The maximum Gasteiger partial charge on any atom is 0.306 e. The van der Waals surface area contributed by atoms with Gasteiger partial charge in [0.05, 0.1) is 26.6 Å². The number of amides is 3. The van der Waals surface area contributed by atoms with Crippen LogP contribution in [0.3, 0.4) is 0 Å².